The minimum absolute atomic E-state index is 0.863. The molecule has 29 heavy (non-hydrogen) atoms. The lowest BCUT2D eigenvalue weighted by atomic mass is 10.0. The van der Waals surface area contributed by atoms with E-state index in [0.29, 0.717) is 0 Å². The molecule has 0 saturated heterocycles. The van der Waals surface area contributed by atoms with Crippen molar-refractivity contribution in [3.8, 4) is 33.8 Å². The third-order valence-corrected chi connectivity index (χ3v) is 5.40. The van der Waals surface area contributed by atoms with E-state index < -0.39 is 0 Å². The molecule has 0 aliphatic rings. The molecular formula is C26H21NO2. The zero-order chi connectivity index (χ0) is 19.8. The first-order valence-electron chi connectivity index (χ1n) is 9.59. The number of fused-ring (bicyclic) bond motifs is 3. The Morgan fingerprint density at radius 3 is 1.41 bits per heavy atom. The molecule has 5 aromatic rings. The summed E-state index contributed by atoms with van der Waals surface area (Å²) in [6, 6.07) is 29.4. The maximum absolute atomic E-state index is 5.37. The average Bonchev–Trinajstić information content (AvgIpc) is 3.16. The first kappa shape index (κ1) is 17.4. The lowest BCUT2D eigenvalue weighted by Crippen LogP contribution is -1.83. The van der Waals surface area contributed by atoms with Crippen LogP contribution < -0.4 is 9.47 Å². The maximum atomic E-state index is 5.37. The number of ether oxygens (including phenoxy) is 2. The highest BCUT2D eigenvalue weighted by Gasteiger charge is 2.09. The normalized spacial score (nSPS) is 11.1. The molecule has 0 aliphatic heterocycles. The maximum Gasteiger partial charge on any atom is 0.119 e. The van der Waals surface area contributed by atoms with Crippen LogP contribution in [0.5, 0.6) is 11.5 Å². The highest BCUT2D eigenvalue weighted by Crippen LogP contribution is 2.33. The van der Waals surface area contributed by atoms with E-state index in [1.165, 1.54) is 10.8 Å². The lowest BCUT2D eigenvalue weighted by Gasteiger charge is -2.05. The summed E-state index contributed by atoms with van der Waals surface area (Å²) in [7, 11) is 3.39. The zero-order valence-corrected chi connectivity index (χ0v) is 16.4. The molecule has 0 saturated carbocycles. The average molecular weight is 379 g/mol. The van der Waals surface area contributed by atoms with Gasteiger partial charge in [-0.1, -0.05) is 48.5 Å². The van der Waals surface area contributed by atoms with E-state index in [4.69, 9.17) is 9.47 Å². The first-order chi connectivity index (χ1) is 14.2. The van der Waals surface area contributed by atoms with Crippen LogP contribution in [-0.4, -0.2) is 19.2 Å². The van der Waals surface area contributed by atoms with Crippen molar-refractivity contribution in [2.24, 2.45) is 0 Å². The number of H-pyrrole nitrogens is 1. The molecule has 4 aromatic carbocycles. The Hall–Kier alpha value is -3.72. The number of rotatable bonds is 4. The van der Waals surface area contributed by atoms with E-state index in [9.17, 15) is 0 Å². The van der Waals surface area contributed by atoms with Gasteiger partial charge in [0.1, 0.15) is 11.5 Å². The van der Waals surface area contributed by atoms with E-state index in [1.807, 2.05) is 24.3 Å². The molecule has 142 valence electrons. The molecule has 1 N–H and O–H groups in total. The fraction of sp³-hybridized carbons (Fsp3) is 0.0769. The van der Waals surface area contributed by atoms with Gasteiger partial charge in [-0.05, 0) is 58.7 Å². The fourth-order valence-electron chi connectivity index (χ4n) is 3.87. The van der Waals surface area contributed by atoms with Crippen LogP contribution in [0, 0.1) is 0 Å². The topological polar surface area (TPSA) is 34.2 Å². The number of nitrogens with one attached hydrogen (secondary N) is 1. The highest BCUT2D eigenvalue weighted by atomic mass is 16.5. The van der Waals surface area contributed by atoms with Crippen molar-refractivity contribution >= 4 is 21.8 Å². The Kier molecular flexibility index (Phi) is 4.21. The van der Waals surface area contributed by atoms with Crippen molar-refractivity contribution in [1.29, 1.82) is 0 Å². The Labute approximate surface area is 169 Å². The first-order valence-corrected chi connectivity index (χ1v) is 9.59. The second kappa shape index (κ2) is 7.02. The van der Waals surface area contributed by atoms with E-state index in [-0.39, 0.29) is 0 Å². The molecule has 0 atom stereocenters. The molecule has 1 heterocycles. The van der Waals surface area contributed by atoms with E-state index in [0.717, 1.165) is 44.8 Å². The van der Waals surface area contributed by atoms with Gasteiger partial charge in [-0.15, -0.1) is 0 Å². The summed E-state index contributed by atoms with van der Waals surface area (Å²) in [6.45, 7) is 0. The smallest absolute Gasteiger partial charge is 0.119 e. The van der Waals surface area contributed by atoms with Crippen LogP contribution in [-0.2, 0) is 0 Å². The molecule has 1 aromatic heterocycles. The third kappa shape index (κ3) is 3.11. The molecule has 0 amide bonds. The van der Waals surface area contributed by atoms with Gasteiger partial charge < -0.3 is 14.5 Å². The second-order valence-electron chi connectivity index (χ2n) is 7.11. The number of aromatic amines is 1. The quantitative estimate of drug-likeness (QED) is 0.378. The summed E-state index contributed by atoms with van der Waals surface area (Å²) in [5.74, 6) is 1.73. The van der Waals surface area contributed by atoms with Gasteiger partial charge in [0.2, 0.25) is 0 Å². The Bertz CT molecular complexity index is 1230. The van der Waals surface area contributed by atoms with Crippen molar-refractivity contribution in [3.05, 3.63) is 84.9 Å². The van der Waals surface area contributed by atoms with Gasteiger partial charge in [0.05, 0.1) is 14.2 Å². The Morgan fingerprint density at radius 2 is 0.966 bits per heavy atom. The Morgan fingerprint density at radius 1 is 0.517 bits per heavy atom. The SMILES string of the molecule is COc1cccc(-c2ccc3c(c2)[nH]c2cc(-c4cccc(OC)c4)ccc23)c1. The van der Waals surface area contributed by atoms with Crippen molar-refractivity contribution in [3.63, 3.8) is 0 Å². The van der Waals surface area contributed by atoms with Gasteiger partial charge in [0, 0.05) is 21.8 Å². The third-order valence-electron chi connectivity index (χ3n) is 5.40. The largest absolute Gasteiger partial charge is 0.497 e. The molecule has 0 unspecified atom stereocenters. The summed E-state index contributed by atoms with van der Waals surface area (Å²) in [5.41, 5.74) is 6.86. The molecule has 0 fully saturated rings. The minimum Gasteiger partial charge on any atom is -0.497 e. The summed E-state index contributed by atoms with van der Waals surface area (Å²) in [6.07, 6.45) is 0. The van der Waals surface area contributed by atoms with Crippen LogP contribution in [0.3, 0.4) is 0 Å². The van der Waals surface area contributed by atoms with Crippen molar-refractivity contribution in [2.45, 2.75) is 0 Å². The van der Waals surface area contributed by atoms with Gasteiger partial charge in [-0.25, -0.2) is 0 Å². The van der Waals surface area contributed by atoms with Gasteiger partial charge in [-0.2, -0.15) is 0 Å². The molecule has 3 nitrogen and oxygen atoms in total. The lowest BCUT2D eigenvalue weighted by molar-refractivity contribution is 0.415. The van der Waals surface area contributed by atoms with Crippen LogP contribution in [0.2, 0.25) is 0 Å². The summed E-state index contributed by atoms with van der Waals surface area (Å²) in [4.78, 5) is 3.59. The van der Waals surface area contributed by atoms with Crippen molar-refractivity contribution in [2.75, 3.05) is 14.2 Å². The number of aromatic nitrogens is 1. The van der Waals surface area contributed by atoms with Crippen molar-refractivity contribution < 1.29 is 9.47 Å². The molecule has 0 spiro atoms. The molecule has 3 heteroatoms. The molecule has 0 radical (unpaired) electrons. The number of hydrogen-bond acceptors (Lipinski definition) is 2. The predicted octanol–water partition coefficient (Wildman–Crippen LogP) is 6.67. The number of hydrogen-bond donors (Lipinski definition) is 1. The molecular weight excluding hydrogens is 358 g/mol. The van der Waals surface area contributed by atoms with Gasteiger partial charge >= 0.3 is 0 Å². The molecule has 0 bridgehead atoms. The number of benzene rings is 4. The molecule has 5 rings (SSSR count). The minimum atomic E-state index is 0.863. The summed E-state index contributed by atoms with van der Waals surface area (Å²) >= 11 is 0. The fourth-order valence-corrected chi connectivity index (χ4v) is 3.87. The summed E-state index contributed by atoms with van der Waals surface area (Å²) in [5, 5.41) is 2.45. The second-order valence-corrected chi connectivity index (χ2v) is 7.11. The predicted molar refractivity (Wildman–Crippen MR) is 120 cm³/mol. The number of methoxy groups -OCH3 is 2. The summed E-state index contributed by atoms with van der Waals surface area (Å²) < 4.78 is 10.7. The van der Waals surface area contributed by atoms with Crippen LogP contribution in [0.15, 0.2) is 84.9 Å². The van der Waals surface area contributed by atoms with E-state index in [2.05, 4.69) is 65.6 Å². The van der Waals surface area contributed by atoms with Gasteiger partial charge in [0.15, 0.2) is 0 Å². The van der Waals surface area contributed by atoms with Crippen LogP contribution in [0.4, 0.5) is 0 Å². The van der Waals surface area contributed by atoms with Gasteiger partial charge in [0.25, 0.3) is 0 Å². The van der Waals surface area contributed by atoms with E-state index >= 15 is 0 Å². The van der Waals surface area contributed by atoms with Gasteiger partial charge in [-0.3, -0.25) is 0 Å². The van der Waals surface area contributed by atoms with Crippen LogP contribution >= 0.6 is 0 Å². The monoisotopic (exact) mass is 379 g/mol. The van der Waals surface area contributed by atoms with Crippen LogP contribution in [0.1, 0.15) is 0 Å². The van der Waals surface area contributed by atoms with Crippen molar-refractivity contribution in [1.82, 2.24) is 4.98 Å². The highest BCUT2D eigenvalue weighted by molar-refractivity contribution is 6.09. The zero-order valence-electron chi connectivity index (χ0n) is 16.4. The Balaban J connectivity index is 1.61. The van der Waals surface area contributed by atoms with Crippen LogP contribution in [0.25, 0.3) is 44.1 Å². The van der Waals surface area contributed by atoms with E-state index in [1.54, 1.807) is 14.2 Å². The standard InChI is InChI=1S/C26H21NO2/c1-28-21-7-3-5-17(13-21)19-9-11-23-24-12-10-20(16-26(24)27-25(23)15-19)18-6-4-8-22(14-18)29-2/h3-16,27H,1-2H3. The molecule has 0 aliphatic carbocycles.